The first-order valence-electron chi connectivity index (χ1n) is 11.1. The number of benzene rings is 2. The number of amides is 1. The van der Waals surface area contributed by atoms with Crippen LogP contribution in [-0.4, -0.2) is 61.4 Å². The Morgan fingerprint density at radius 1 is 1.06 bits per heavy atom. The highest BCUT2D eigenvalue weighted by molar-refractivity contribution is 9.10. The van der Waals surface area contributed by atoms with Gasteiger partial charge in [-0.25, -0.2) is 0 Å². The monoisotopic (exact) mass is 528 g/mol. The number of carbonyl (C=O) groups is 1. The summed E-state index contributed by atoms with van der Waals surface area (Å²) in [6, 6.07) is 13.0. The Labute approximate surface area is 205 Å². The number of nitrogens with zero attached hydrogens (tertiary/aromatic N) is 2. The Morgan fingerprint density at radius 2 is 1.82 bits per heavy atom. The van der Waals surface area contributed by atoms with Gasteiger partial charge in [-0.1, -0.05) is 28.1 Å². The highest BCUT2D eigenvalue weighted by atomic mass is 79.9. The van der Waals surface area contributed by atoms with E-state index in [1.165, 1.54) is 0 Å². The molecule has 3 heterocycles. The van der Waals surface area contributed by atoms with Crippen LogP contribution in [-0.2, 0) is 4.74 Å². The number of thioether (sulfide) groups is 1. The standard InChI is InChI=1S/C25H25BrN2O4S/c1-33-18-6-3-16(4-7-18)22-21-23(29)19-15-17(26)5-8-20(19)32-24(21)25(30)28(22)10-2-9-27-11-13-31-14-12-27/h3-8,15,22H,2,9-14H2,1H3. The largest absolute Gasteiger partial charge is 0.450 e. The minimum Gasteiger partial charge on any atom is -0.450 e. The van der Waals surface area contributed by atoms with Crippen LogP contribution in [0, 0.1) is 0 Å². The molecule has 1 fully saturated rings. The third-order valence-corrected chi connectivity index (χ3v) is 7.57. The summed E-state index contributed by atoms with van der Waals surface area (Å²) in [5, 5.41) is 0.483. The predicted molar refractivity (Wildman–Crippen MR) is 133 cm³/mol. The van der Waals surface area contributed by atoms with Gasteiger partial charge in [0, 0.05) is 35.5 Å². The molecule has 1 saturated heterocycles. The Kier molecular flexibility index (Phi) is 6.60. The lowest BCUT2D eigenvalue weighted by Gasteiger charge is -2.29. The van der Waals surface area contributed by atoms with Crippen molar-refractivity contribution in [2.45, 2.75) is 17.4 Å². The van der Waals surface area contributed by atoms with Crippen molar-refractivity contribution in [2.75, 3.05) is 45.6 Å². The number of halogens is 1. The van der Waals surface area contributed by atoms with Crippen molar-refractivity contribution in [2.24, 2.45) is 0 Å². The molecule has 6 nitrogen and oxygen atoms in total. The summed E-state index contributed by atoms with van der Waals surface area (Å²) >= 11 is 5.11. The first-order valence-corrected chi connectivity index (χ1v) is 13.1. The van der Waals surface area contributed by atoms with E-state index in [4.69, 9.17) is 9.15 Å². The lowest BCUT2D eigenvalue weighted by molar-refractivity contribution is 0.0353. The molecule has 0 saturated carbocycles. The maximum Gasteiger partial charge on any atom is 0.290 e. The van der Waals surface area contributed by atoms with Gasteiger partial charge in [0.05, 0.1) is 30.2 Å². The van der Waals surface area contributed by atoms with Crippen molar-refractivity contribution in [3.8, 4) is 0 Å². The van der Waals surface area contributed by atoms with Gasteiger partial charge in [-0.15, -0.1) is 11.8 Å². The van der Waals surface area contributed by atoms with E-state index in [-0.39, 0.29) is 17.1 Å². The van der Waals surface area contributed by atoms with E-state index < -0.39 is 6.04 Å². The van der Waals surface area contributed by atoms with Crippen molar-refractivity contribution < 1.29 is 13.9 Å². The van der Waals surface area contributed by atoms with E-state index in [0.29, 0.717) is 23.1 Å². The van der Waals surface area contributed by atoms with Gasteiger partial charge < -0.3 is 14.1 Å². The van der Waals surface area contributed by atoms with E-state index in [0.717, 1.165) is 54.2 Å². The van der Waals surface area contributed by atoms with Gasteiger partial charge in [0.2, 0.25) is 5.76 Å². The summed E-state index contributed by atoms with van der Waals surface area (Å²) in [4.78, 5) is 32.4. The molecule has 2 aliphatic heterocycles. The second-order valence-electron chi connectivity index (χ2n) is 8.30. The van der Waals surface area contributed by atoms with Crippen molar-refractivity contribution in [1.82, 2.24) is 9.80 Å². The highest BCUT2D eigenvalue weighted by Gasteiger charge is 2.42. The van der Waals surface area contributed by atoms with Crippen molar-refractivity contribution in [1.29, 1.82) is 0 Å². The maximum atomic E-state index is 13.6. The number of fused-ring (bicyclic) bond motifs is 2. The second-order valence-corrected chi connectivity index (χ2v) is 10.1. The SMILES string of the molecule is CSc1ccc(C2c3c(oc4ccc(Br)cc4c3=O)C(=O)N2CCCN2CCOCC2)cc1. The molecule has 33 heavy (non-hydrogen) atoms. The van der Waals surface area contributed by atoms with E-state index in [1.807, 2.05) is 36.6 Å². The molecule has 3 aromatic rings. The van der Waals surface area contributed by atoms with Gasteiger partial charge >= 0.3 is 0 Å². The fourth-order valence-corrected chi connectivity index (χ4v) is 5.41. The lowest BCUT2D eigenvalue weighted by Crippen LogP contribution is -2.38. The smallest absolute Gasteiger partial charge is 0.290 e. The molecule has 0 radical (unpaired) electrons. The topological polar surface area (TPSA) is 63.0 Å². The van der Waals surface area contributed by atoms with Crippen LogP contribution >= 0.6 is 27.7 Å². The molecular formula is C25H25BrN2O4S. The van der Waals surface area contributed by atoms with Crippen LogP contribution in [0.15, 0.2) is 61.0 Å². The van der Waals surface area contributed by atoms with Crippen LogP contribution in [0.25, 0.3) is 11.0 Å². The third kappa shape index (κ3) is 4.37. The number of ether oxygens (including phenoxy) is 1. The molecule has 0 aliphatic carbocycles. The van der Waals surface area contributed by atoms with Crippen LogP contribution < -0.4 is 5.43 Å². The summed E-state index contributed by atoms with van der Waals surface area (Å²) in [7, 11) is 0. The molecule has 1 aromatic heterocycles. The molecule has 0 bridgehead atoms. The third-order valence-electron chi connectivity index (χ3n) is 6.34. The number of rotatable bonds is 6. The van der Waals surface area contributed by atoms with Crippen LogP contribution in [0.4, 0.5) is 0 Å². The Morgan fingerprint density at radius 3 is 2.55 bits per heavy atom. The lowest BCUT2D eigenvalue weighted by atomic mass is 9.98. The zero-order chi connectivity index (χ0) is 22.9. The fraction of sp³-hybridized carbons (Fsp3) is 0.360. The minimum absolute atomic E-state index is 0.143. The van der Waals surface area contributed by atoms with E-state index in [1.54, 1.807) is 28.8 Å². The molecule has 8 heteroatoms. The number of hydrogen-bond acceptors (Lipinski definition) is 6. The molecule has 172 valence electrons. The summed E-state index contributed by atoms with van der Waals surface area (Å²) in [6.45, 7) is 4.76. The zero-order valence-corrected chi connectivity index (χ0v) is 20.8. The Balaban J connectivity index is 1.53. The zero-order valence-electron chi connectivity index (χ0n) is 18.4. The van der Waals surface area contributed by atoms with Gasteiger partial charge in [0.25, 0.3) is 5.91 Å². The van der Waals surface area contributed by atoms with Crippen LogP contribution in [0.5, 0.6) is 0 Å². The number of carbonyl (C=O) groups excluding carboxylic acids is 1. The molecule has 1 atom stereocenters. The van der Waals surface area contributed by atoms with Crippen LogP contribution in [0.1, 0.15) is 34.1 Å². The molecule has 0 spiro atoms. The van der Waals surface area contributed by atoms with Gasteiger partial charge in [-0.05, 0) is 48.6 Å². The quantitative estimate of drug-likeness (QED) is 0.437. The first-order chi connectivity index (χ1) is 16.1. The average Bonchev–Trinajstić information content (AvgIpc) is 3.12. The number of hydrogen-bond donors (Lipinski definition) is 0. The molecule has 2 aromatic carbocycles. The van der Waals surface area contributed by atoms with Crippen molar-refractivity contribution >= 4 is 44.6 Å². The van der Waals surface area contributed by atoms with Gasteiger partial charge in [0.15, 0.2) is 5.43 Å². The van der Waals surface area contributed by atoms with Crippen molar-refractivity contribution in [3.63, 3.8) is 0 Å². The Hall–Kier alpha value is -2.13. The molecule has 1 unspecified atom stereocenters. The molecule has 0 N–H and O–H groups in total. The minimum atomic E-state index is -0.451. The summed E-state index contributed by atoms with van der Waals surface area (Å²) in [5.41, 5.74) is 1.65. The molecule has 5 rings (SSSR count). The van der Waals surface area contributed by atoms with Crippen LogP contribution in [0.3, 0.4) is 0 Å². The van der Waals surface area contributed by atoms with E-state index in [9.17, 15) is 9.59 Å². The summed E-state index contributed by atoms with van der Waals surface area (Å²) in [5.74, 6) is -0.0482. The molecule has 2 aliphatic rings. The maximum absolute atomic E-state index is 13.6. The fourth-order valence-electron chi connectivity index (χ4n) is 4.65. The second kappa shape index (κ2) is 9.62. The molecular weight excluding hydrogens is 504 g/mol. The van der Waals surface area contributed by atoms with E-state index in [2.05, 4.69) is 20.8 Å². The molecule has 1 amide bonds. The number of morpholine rings is 1. The normalized spacial score (nSPS) is 18.8. The van der Waals surface area contributed by atoms with Crippen molar-refractivity contribution in [3.05, 3.63) is 74.0 Å². The van der Waals surface area contributed by atoms with Gasteiger partial charge in [-0.3, -0.25) is 14.5 Å². The van der Waals surface area contributed by atoms with Gasteiger partial charge in [-0.2, -0.15) is 0 Å². The van der Waals surface area contributed by atoms with Gasteiger partial charge in [0.1, 0.15) is 5.58 Å². The first kappa shape index (κ1) is 22.7. The Bertz CT molecular complexity index is 1240. The van der Waals surface area contributed by atoms with Crippen LogP contribution in [0.2, 0.25) is 0 Å². The predicted octanol–water partition coefficient (Wildman–Crippen LogP) is 4.54. The highest BCUT2D eigenvalue weighted by Crippen LogP contribution is 2.39. The average molecular weight is 529 g/mol. The summed E-state index contributed by atoms with van der Waals surface area (Å²) in [6.07, 6.45) is 2.85. The van der Waals surface area contributed by atoms with E-state index >= 15 is 0 Å². The summed E-state index contributed by atoms with van der Waals surface area (Å²) < 4.78 is 12.3.